The van der Waals surface area contributed by atoms with Gasteiger partial charge in [0.15, 0.2) is 0 Å². The van der Waals surface area contributed by atoms with Gasteiger partial charge in [0, 0.05) is 12.6 Å². The molecule has 7 N–H and O–H groups in total. The Labute approximate surface area is 217 Å². The van der Waals surface area contributed by atoms with Crippen molar-refractivity contribution in [3.63, 3.8) is 0 Å². The smallest absolute Gasteiger partial charge is 0.277 e. The van der Waals surface area contributed by atoms with E-state index in [-0.39, 0.29) is 30.6 Å². The van der Waals surface area contributed by atoms with Crippen LogP contribution in [0.15, 0.2) is 54.6 Å². The average Bonchev–Trinajstić information content (AvgIpc) is 3.32. The van der Waals surface area contributed by atoms with Gasteiger partial charge in [-0.15, -0.1) is 0 Å². The maximum Gasteiger partial charge on any atom is 0.277 e. The largest absolute Gasteiger partial charge is 0.508 e. The Hall–Kier alpha value is -3.48. The first kappa shape index (κ1) is 28.1. The number of likely N-dealkylation sites (tertiary alicyclic amines) is 1. The van der Waals surface area contributed by atoms with E-state index in [2.05, 4.69) is 14.8 Å². The van der Waals surface area contributed by atoms with E-state index < -0.39 is 40.1 Å². The molecule has 1 unspecified atom stereocenters. The Morgan fingerprint density at radius 3 is 2.35 bits per heavy atom. The number of hydrogen-bond donors (Lipinski definition) is 6. The topological polar surface area (TPSA) is 178 Å². The van der Waals surface area contributed by atoms with Crippen molar-refractivity contribution >= 4 is 27.9 Å². The Morgan fingerprint density at radius 1 is 1.11 bits per heavy atom. The summed E-state index contributed by atoms with van der Waals surface area (Å²) in [5, 5.41) is 20.2. The van der Waals surface area contributed by atoms with Gasteiger partial charge in [-0.2, -0.15) is 17.9 Å². The zero-order valence-electron chi connectivity index (χ0n) is 20.8. The van der Waals surface area contributed by atoms with Crippen LogP contribution in [-0.4, -0.2) is 60.7 Å². The highest BCUT2D eigenvalue weighted by Crippen LogP contribution is 2.22. The molecule has 1 aliphatic heterocycles. The Balaban J connectivity index is 1.81. The summed E-state index contributed by atoms with van der Waals surface area (Å²) in [5.74, 6) is -1.28. The summed E-state index contributed by atoms with van der Waals surface area (Å²) in [4.78, 5) is 28.3. The monoisotopic (exact) mass is 530 g/mol. The number of amidine groups is 1. The normalized spacial score (nSPS) is 17.4. The minimum atomic E-state index is -4.00. The van der Waals surface area contributed by atoms with Crippen LogP contribution in [0.4, 0.5) is 0 Å². The molecule has 1 aliphatic rings. The molecule has 2 aromatic carbocycles. The number of aromatic hydroxyl groups is 1. The molecule has 2 amide bonds. The molecular weight excluding hydrogens is 496 g/mol. The first-order valence-electron chi connectivity index (χ1n) is 12.0. The van der Waals surface area contributed by atoms with Gasteiger partial charge in [-0.3, -0.25) is 15.0 Å². The summed E-state index contributed by atoms with van der Waals surface area (Å²) < 4.78 is 30.2. The van der Waals surface area contributed by atoms with Gasteiger partial charge in [-0.05, 0) is 56.4 Å². The van der Waals surface area contributed by atoms with Crippen LogP contribution in [0.25, 0.3) is 0 Å². The minimum absolute atomic E-state index is 0.0313. The van der Waals surface area contributed by atoms with Gasteiger partial charge in [0.05, 0.1) is 0 Å². The maximum atomic E-state index is 13.7. The van der Waals surface area contributed by atoms with Gasteiger partial charge in [0.25, 0.3) is 10.2 Å². The number of phenolic OH excluding ortho intramolecular Hbond substituents is 1. The van der Waals surface area contributed by atoms with Crippen molar-refractivity contribution in [1.82, 2.24) is 19.7 Å². The number of benzene rings is 2. The highest BCUT2D eigenvalue weighted by molar-refractivity contribution is 7.87. The SMILES string of the molecule is CC(C)NS(=O)(=O)N[C@H](Cc1ccccc1)C(=O)N1CCC[C@H]1C(=O)NC(C(=N)N)c1ccc(O)cc1. The van der Waals surface area contributed by atoms with E-state index in [0.717, 1.165) is 5.56 Å². The van der Waals surface area contributed by atoms with E-state index in [4.69, 9.17) is 11.1 Å². The second-order valence-corrected chi connectivity index (χ2v) is 10.8. The van der Waals surface area contributed by atoms with Crippen LogP contribution in [-0.2, 0) is 26.2 Å². The van der Waals surface area contributed by atoms with Crippen molar-refractivity contribution in [3.8, 4) is 5.75 Å². The Morgan fingerprint density at radius 2 is 1.76 bits per heavy atom. The van der Waals surface area contributed by atoms with Crippen molar-refractivity contribution in [1.29, 1.82) is 5.41 Å². The fourth-order valence-corrected chi connectivity index (χ4v) is 5.56. The predicted octanol–water partition coefficient (Wildman–Crippen LogP) is 0.920. The van der Waals surface area contributed by atoms with Crippen molar-refractivity contribution < 1.29 is 23.1 Å². The molecule has 12 heteroatoms. The number of nitrogens with two attached hydrogens (primary N) is 1. The fourth-order valence-electron chi connectivity index (χ4n) is 4.31. The third-order valence-corrected chi connectivity index (χ3v) is 7.31. The number of carbonyl (C=O) groups excluding carboxylic acids is 2. The lowest BCUT2D eigenvalue weighted by Gasteiger charge is -2.30. The lowest BCUT2D eigenvalue weighted by atomic mass is 10.0. The molecule has 11 nitrogen and oxygen atoms in total. The lowest BCUT2D eigenvalue weighted by Crippen LogP contribution is -2.56. The van der Waals surface area contributed by atoms with Gasteiger partial charge in [-0.25, -0.2) is 0 Å². The molecule has 0 aliphatic carbocycles. The fraction of sp³-hybridized carbons (Fsp3) is 0.400. The van der Waals surface area contributed by atoms with Gasteiger partial charge in [-0.1, -0.05) is 42.5 Å². The summed E-state index contributed by atoms with van der Waals surface area (Å²) in [6, 6.07) is 11.7. The van der Waals surface area contributed by atoms with Gasteiger partial charge in [0.2, 0.25) is 11.8 Å². The zero-order chi connectivity index (χ0) is 27.2. The van der Waals surface area contributed by atoms with E-state index in [9.17, 15) is 23.1 Å². The van der Waals surface area contributed by atoms with Crippen LogP contribution >= 0.6 is 0 Å². The van der Waals surface area contributed by atoms with Gasteiger partial charge in [0.1, 0.15) is 29.7 Å². The molecule has 2 aromatic rings. The van der Waals surface area contributed by atoms with Crippen molar-refractivity contribution in [2.24, 2.45) is 5.73 Å². The molecule has 1 heterocycles. The van der Waals surface area contributed by atoms with E-state index in [1.807, 2.05) is 6.07 Å². The number of carbonyl (C=O) groups is 2. The van der Waals surface area contributed by atoms with Crippen molar-refractivity contribution in [2.75, 3.05) is 6.54 Å². The van der Waals surface area contributed by atoms with Crippen LogP contribution in [0.1, 0.15) is 43.9 Å². The summed E-state index contributed by atoms with van der Waals surface area (Å²) in [7, 11) is -4.00. The highest BCUT2D eigenvalue weighted by Gasteiger charge is 2.39. The summed E-state index contributed by atoms with van der Waals surface area (Å²) >= 11 is 0. The second kappa shape index (κ2) is 12.2. The van der Waals surface area contributed by atoms with Crippen LogP contribution in [0.2, 0.25) is 0 Å². The zero-order valence-corrected chi connectivity index (χ0v) is 21.7. The predicted molar refractivity (Wildman–Crippen MR) is 140 cm³/mol. The van der Waals surface area contributed by atoms with Crippen LogP contribution in [0.3, 0.4) is 0 Å². The van der Waals surface area contributed by atoms with E-state index >= 15 is 0 Å². The number of amides is 2. The number of rotatable bonds is 11. The summed E-state index contributed by atoms with van der Waals surface area (Å²) in [6.07, 6.45) is 1.04. The van der Waals surface area contributed by atoms with E-state index in [0.29, 0.717) is 18.4 Å². The van der Waals surface area contributed by atoms with Gasteiger partial charge >= 0.3 is 0 Å². The maximum absolute atomic E-state index is 13.7. The third-order valence-electron chi connectivity index (χ3n) is 5.93. The molecule has 0 radical (unpaired) electrons. The number of phenols is 1. The third kappa shape index (κ3) is 7.75. The van der Waals surface area contributed by atoms with E-state index in [1.165, 1.54) is 17.0 Å². The summed E-state index contributed by atoms with van der Waals surface area (Å²) in [6.45, 7) is 3.63. The van der Waals surface area contributed by atoms with Crippen LogP contribution in [0.5, 0.6) is 5.75 Å². The van der Waals surface area contributed by atoms with Crippen LogP contribution < -0.4 is 20.5 Å². The first-order valence-corrected chi connectivity index (χ1v) is 13.5. The van der Waals surface area contributed by atoms with E-state index in [1.54, 1.807) is 50.2 Å². The van der Waals surface area contributed by atoms with Gasteiger partial charge < -0.3 is 21.1 Å². The minimum Gasteiger partial charge on any atom is -0.508 e. The molecular formula is C25H34N6O5S. The number of hydrogen-bond acceptors (Lipinski definition) is 6. The summed E-state index contributed by atoms with van der Waals surface area (Å²) in [5.41, 5.74) is 7.00. The van der Waals surface area contributed by atoms with Crippen LogP contribution in [0, 0.1) is 5.41 Å². The standard InChI is InChI=1S/C25H34N6O5S/c1-16(2)29-37(35,36)30-20(15-17-7-4-3-5-8-17)25(34)31-14-6-9-21(31)24(33)28-22(23(26)27)18-10-12-19(32)13-11-18/h3-5,7-8,10-13,16,20-22,29-30,32H,6,9,14-15H2,1-2H3,(H3,26,27)(H,28,33)/t20-,21+,22?/m1/s1. The molecule has 3 rings (SSSR count). The molecule has 37 heavy (non-hydrogen) atoms. The number of nitrogens with one attached hydrogen (secondary N) is 4. The molecule has 0 aromatic heterocycles. The first-order chi connectivity index (χ1) is 17.5. The quantitative estimate of drug-likeness (QED) is 0.186. The molecule has 0 saturated carbocycles. The Bertz CT molecular complexity index is 1200. The molecule has 0 spiro atoms. The molecule has 1 saturated heterocycles. The molecule has 0 bridgehead atoms. The second-order valence-electron chi connectivity index (χ2n) is 9.31. The molecule has 3 atom stereocenters. The lowest BCUT2D eigenvalue weighted by molar-refractivity contribution is -0.139. The van der Waals surface area contributed by atoms with Crippen molar-refractivity contribution in [2.45, 2.75) is 57.3 Å². The molecule has 200 valence electrons. The molecule has 1 fully saturated rings. The highest BCUT2D eigenvalue weighted by atomic mass is 32.2. The Kier molecular flexibility index (Phi) is 9.24. The number of nitrogens with zero attached hydrogens (tertiary/aromatic N) is 1. The van der Waals surface area contributed by atoms with Crippen molar-refractivity contribution in [3.05, 3.63) is 65.7 Å². The average molecular weight is 531 g/mol.